The molecule has 1 saturated carbocycles. The molecule has 4 aliphatic rings. The van der Waals surface area contributed by atoms with Gasteiger partial charge >= 0.3 is 0 Å². The highest BCUT2D eigenvalue weighted by Gasteiger charge is 2.42. The molecular weight excluding hydrogens is 542 g/mol. The molecule has 8 rings (SSSR count). The van der Waals surface area contributed by atoms with Crippen LogP contribution >= 0.6 is 0 Å². The second-order valence-corrected chi connectivity index (χ2v) is 12.6. The molecule has 0 radical (unpaired) electrons. The summed E-state index contributed by atoms with van der Waals surface area (Å²) in [6, 6.07) is 10.5. The van der Waals surface area contributed by atoms with E-state index in [9.17, 15) is 4.79 Å². The van der Waals surface area contributed by atoms with E-state index in [2.05, 4.69) is 47.6 Å². The number of fused-ring (bicyclic) bond motifs is 4. The molecule has 3 atom stereocenters. The van der Waals surface area contributed by atoms with Gasteiger partial charge in [0.15, 0.2) is 5.88 Å². The number of nitrogens with two attached hydrogens (primary N) is 1. The summed E-state index contributed by atoms with van der Waals surface area (Å²) in [6.07, 6.45) is 6.18. The van der Waals surface area contributed by atoms with E-state index in [0.717, 1.165) is 85.2 Å². The smallest absolute Gasteiger partial charge is 0.258 e. The average Bonchev–Trinajstić information content (AvgIpc) is 3.35. The van der Waals surface area contributed by atoms with Gasteiger partial charge in [0.2, 0.25) is 0 Å². The Hall–Kier alpha value is -3.73. The average molecular weight is 582 g/mol. The number of nitrogens with zero attached hydrogens (tertiary/aromatic N) is 6. The number of carbonyl (C=O) groups excluding carboxylic acids is 1. The number of morpholine rings is 1. The first-order chi connectivity index (χ1) is 20.9. The molecule has 10 nitrogen and oxygen atoms in total. The largest absolute Gasteiger partial charge is 0.482 e. The Bertz CT molecular complexity index is 1780. The third kappa shape index (κ3) is 4.38. The summed E-state index contributed by atoms with van der Waals surface area (Å²) in [5.74, 6) is 1.20. The predicted molar refractivity (Wildman–Crippen MR) is 164 cm³/mol. The molecule has 3 aliphatic heterocycles. The molecule has 4 aromatic rings. The summed E-state index contributed by atoms with van der Waals surface area (Å²) in [7, 11) is 1.64. The fourth-order valence-corrected chi connectivity index (χ4v) is 7.28. The van der Waals surface area contributed by atoms with Gasteiger partial charge in [-0.1, -0.05) is 6.08 Å². The molecule has 0 unspecified atom stereocenters. The summed E-state index contributed by atoms with van der Waals surface area (Å²) in [5.41, 5.74) is 13.6. The molecule has 2 saturated heterocycles. The number of aromatic nitrogens is 4. The van der Waals surface area contributed by atoms with Gasteiger partial charge in [0.25, 0.3) is 5.91 Å². The first-order valence-electron chi connectivity index (χ1n) is 15.6. The molecule has 1 aliphatic carbocycles. The van der Waals surface area contributed by atoms with E-state index >= 15 is 0 Å². The van der Waals surface area contributed by atoms with E-state index in [-0.39, 0.29) is 24.0 Å². The van der Waals surface area contributed by atoms with Gasteiger partial charge < -0.3 is 24.7 Å². The Morgan fingerprint density at radius 2 is 1.98 bits per heavy atom. The van der Waals surface area contributed by atoms with Crippen molar-refractivity contribution < 1.29 is 14.3 Å². The number of rotatable bonds is 7. The van der Waals surface area contributed by atoms with Gasteiger partial charge in [-0.3, -0.25) is 14.1 Å². The van der Waals surface area contributed by atoms with Crippen LogP contribution in [0.4, 0.5) is 0 Å². The Labute approximate surface area is 251 Å². The van der Waals surface area contributed by atoms with Crippen molar-refractivity contribution >= 4 is 22.6 Å². The van der Waals surface area contributed by atoms with E-state index in [1.165, 1.54) is 12.8 Å². The van der Waals surface area contributed by atoms with Crippen molar-refractivity contribution in [2.75, 3.05) is 33.4 Å². The number of hydrogen-bond donors (Lipinski definition) is 1. The third-order valence-electron chi connectivity index (χ3n) is 9.93. The molecule has 3 fully saturated rings. The molecular formula is C33H39N7O3. The highest BCUT2D eigenvalue weighted by atomic mass is 16.5. The summed E-state index contributed by atoms with van der Waals surface area (Å²) in [5, 5.41) is 1.11. The van der Waals surface area contributed by atoms with E-state index in [1.807, 2.05) is 21.4 Å². The van der Waals surface area contributed by atoms with Crippen LogP contribution in [0, 0.1) is 12.8 Å². The summed E-state index contributed by atoms with van der Waals surface area (Å²) < 4.78 is 15.8. The second-order valence-electron chi connectivity index (χ2n) is 12.6. The molecule has 1 amide bonds. The second kappa shape index (κ2) is 10.2. The van der Waals surface area contributed by atoms with Crippen molar-refractivity contribution in [2.24, 2.45) is 11.7 Å². The van der Waals surface area contributed by atoms with Crippen LogP contribution in [0.3, 0.4) is 0 Å². The van der Waals surface area contributed by atoms with Crippen molar-refractivity contribution in [3.8, 4) is 17.3 Å². The zero-order chi connectivity index (χ0) is 29.4. The van der Waals surface area contributed by atoms with Gasteiger partial charge in [-0.25, -0.2) is 9.97 Å². The van der Waals surface area contributed by atoms with E-state index in [0.29, 0.717) is 23.0 Å². The van der Waals surface area contributed by atoms with Gasteiger partial charge in [0.1, 0.15) is 17.0 Å². The normalized spacial score (nSPS) is 23.0. The van der Waals surface area contributed by atoms with Crippen LogP contribution in [0.1, 0.15) is 60.4 Å². The monoisotopic (exact) mass is 581 g/mol. The Kier molecular flexibility index (Phi) is 6.36. The maximum atomic E-state index is 13.7. The number of pyridine rings is 2. The number of hydrogen-bond acceptors (Lipinski definition) is 7. The minimum absolute atomic E-state index is 0.00535. The molecule has 2 bridgehead atoms. The lowest BCUT2D eigenvalue weighted by molar-refractivity contribution is 0.0191. The fourth-order valence-electron chi connectivity index (χ4n) is 7.28. The first-order valence-corrected chi connectivity index (χ1v) is 15.6. The predicted octanol–water partition coefficient (Wildman–Crippen LogP) is 4.30. The van der Waals surface area contributed by atoms with Crippen molar-refractivity contribution in [3.63, 3.8) is 0 Å². The molecule has 43 heavy (non-hydrogen) atoms. The van der Waals surface area contributed by atoms with Crippen LogP contribution in [0.15, 0.2) is 42.1 Å². The summed E-state index contributed by atoms with van der Waals surface area (Å²) in [4.78, 5) is 28.5. The van der Waals surface area contributed by atoms with Crippen LogP contribution in [0.2, 0.25) is 0 Å². The maximum Gasteiger partial charge on any atom is 0.258 e. The third-order valence-corrected chi connectivity index (χ3v) is 9.93. The van der Waals surface area contributed by atoms with Crippen LogP contribution in [0.5, 0.6) is 5.88 Å². The molecule has 7 heterocycles. The molecule has 10 heteroatoms. The SMILES string of the molecule is COc1cc(C(=O)N2C3=CC[C@@H]2[C@H](N)C3)cc2nc(-c3cc4ccc([C@@H](C)N5CCOCC5)nc4n3CC3CC3)c(C)n12. The topological polar surface area (TPSA) is 103 Å². The van der Waals surface area contributed by atoms with Gasteiger partial charge in [0.05, 0.1) is 43.4 Å². The highest BCUT2D eigenvalue weighted by molar-refractivity contribution is 5.98. The van der Waals surface area contributed by atoms with Gasteiger partial charge in [0, 0.05) is 60.9 Å². The van der Waals surface area contributed by atoms with Crippen LogP contribution in [-0.4, -0.2) is 80.1 Å². The lowest BCUT2D eigenvalue weighted by Gasteiger charge is -2.31. The lowest BCUT2D eigenvalue weighted by Crippen LogP contribution is -2.39. The summed E-state index contributed by atoms with van der Waals surface area (Å²) in [6.45, 7) is 8.61. The van der Waals surface area contributed by atoms with Crippen molar-refractivity contribution in [1.29, 1.82) is 0 Å². The molecule has 4 aromatic heterocycles. The Balaban J connectivity index is 1.21. The molecule has 2 N–H and O–H groups in total. The van der Waals surface area contributed by atoms with Crippen LogP contribution < -0.4 is 10.5 Å². The quantitative estimate of drug-likeness (QED) is 0.347. The van der Waals surface area contributed by atoms with Gasteiger partial charge in [-0.2, -0.15) is 0 Å². The molecule has 224 valence electrons. The lowest BCUT2D eigenvalue weighted by atomic mass is 10.0. The maximum absolute atomic E-state index is 13.7. The van der Waals surface area contributed by atoms with Crippen LogP contribution in [0.25, 0.3) is 28.1 Å². The summed E-state index contributed by atoms with van der Waals surface area (Å²) >= 11 is 0. The van der Waals surface area contributed by atoms with Crippen molar-refractivity contribution in [1.82, 2.24) is 28.7 Å². The van der Waals surface area contributed by atoms with E-state index in [1.54, 1.807) is 7.11 Å². The van der Waals surface area contributed by atoms with Crippen molar-refractivity contribution in [3.05, 3.63) is 59.1 Å². The number of ether oxygens (including phenoxy) is 2. The standard InChI is InChI=1S/C33H39N7O3/c1-19(37-10-12-43-13-11-37)26-8-6-22-14-28(38(32(22)35-26)18-21-4-5-21)31-20(2)39-29(36-31)15-23(16-30(39)42-3)33(41)40-24-7-9-27(40)25(34)17-24/h6-8,14-16,19,21,25,27H,4-5,9-13,17-18,34H2,1-3H3/t19-,25-,27-/m1/s1. The zero-order valence-electron chi connectivity index (χ0n) is 25.1. The van der Waals surface area contributed by atoms with Gasteiger partial charge in [-0.05, 0) is 63.3 Å². The number of amides is 1. The van der Waals surface area contributed by atoms with E-state index < -0.39 is 0 Å². The number of imidazole rings is 1. The number of aryl methyl sites for hydroxylation is 1. The number of carbonyl (C=O) groups is 1. The minimum atomic E-state index is -0.0429. The Morgan fingerprint density at radius 3 is 2.67 bits per heavy atom. The fraction of sp³-hybridized carbons (Fsp3) is 0.485. The minimum Gasteiger partial charge on any atom is -0.482 e. The molecule has 0 aromatic carbocycles. The van der Waals surface area contributed by atoms with Crippen LogP contribution in [-0.2, 0) is 11.3 Å². The highest BCUT2D eigenvalue weighted by Crippen LogP contribution is 2.39. The molecule has 0 spiro atoms. The Morgan fingerprint density at radius 1 is 1.16 bits per heavy atom. The zero-order valence-corrected chi connectivity index (χ0v) is 25.1. The number of methoxy groups -OCH3 is 1. The van der Waals surface area contributed by atoms with E-state index in [4.69, 9.17) is 25.2 Å². The van der Waals surface area contributed by atoms with Crippen molar-refractivity contribution in [2.45, 2.75) is 64.2 Å². The van der Waals surface area contributed by atoms with Gasteiger partial charge in [-0.15, -0.1) is 0 Å². The first kappa shape index (κ1) is 26.9.